The number of benzene rings is 2. The number of aromatic nitrogens is 2. The molecule has 0 aliphatic carbocycles. The number of fused-ring (bicyclic) bond motifs is 1. The molecule has 0 bridgehead atoms. The van der Waals surface area contributed by atoms with Gasteiger partial charge in [-0.2, -0.15) is 5.26 Å². The van der Waals surface area contributed by atoms with Gasteiger partial charge < -0.3 is 10.1 Å². The summed E-state index contributed by atoms with van der Waals surface area (Å²) < 4.78 is 7.18. The second-order valence-corrected chi connectivity index (χ2v) is 8.17. The molecule has 0 aliphatic rings. The molecule has 154 valence electrons. The lowest BCUT2D eigenvalue weighted by molar-refractivity contribution is 0.0547. The van der Waals surface area contributed by atoms with Gasteiger partial charge in [0, 0.05) is 17.3 Å². The maximum absolute atomic E-state index is 13.1. The molecule has 6 nitrogen and oxygen atoms in total. The molecule has 0 radical (unpaired) electrons. The molecule has 0 saturated carbocycles. The highest BCUT2D eigenvalue weighted by Gasteiger charge is 2.23. The zero-order valence-corrected chi connectivity index (χ0v) is 17.6. The number of carbonyl (C=O) groups excluding carboxylic acids is 1. The summed E-state index contributed by atoms with van der Waals surface area (Å²) in [6.45, 7) is 5.49. The SMILES string of the molecule is CC(C)(C)OC(=O)n1c(-c2ccc(Nc3cccnc3)cc2)cc2ccc(C#N)cc21. The van der Waals surface area contributed by atoms with E-state index in [0.717, 1.165) is 22.3 Å². The van der Waals surface area contributed by atoms with E-state index in [9.17, 15) is 10.1 Å². The fourth-order valence-corrected chi connectivity index (χ4v) is 3.31. The van der Waals surface area contributed by atoms with Crippen molar-refractivity contribution in [1.29, 1.82) is 5.26 Å². The number of ether oxygens (including phenoxy) is 1. The van der Waals surface area contributed by atoms with Crippen molar-refractivity contribution < 1.29 is 9.53 Å². The maximum atomic E-state index is 13.1. The normalized spacial score (nSPS) is 11.2. The molecule has 1 N–H and O–H groups in total. The predicted octanol–water partition coefficient (Wildman–Crippen LogP) is 6.10. The number of nitriles is 1. The van der Waals surface area contributed by atoms with Crippen LogP contribution < -0.4 is 5.32 Å². The molecule has 31 heavy (non-hydrogen) atoms. The van der Waals surface area contributed by atoms with E-state index in [-0.39, 0.29) is 0 Å². The summed E-state index contributed by atoms with van der Waals surface area (Å²) in [4.78, 5) is 17.2. The van der Waals surface area contributed by atoms with Crippen molar-refractivity contribution in [2.45, 2.75) is 26.4 Å². The van der Waals surface area contributed by atoms with Gasteiger partial charge in [-0.05, 0) is 68.8 Å². The van der Waals surface area contributed by atoms with Gasteiger partial charge in [-0.25, -0.2) is 9.36 Å². The van der Waals surface area contributed by atoms with Gasteiger partial charge in [0.2, 0.25) is 0 Å². The first-order chi connectivity index (χ1) is 14.8. The number of hydrogen-bond acceptors (Lipinski definition) is 5. The third-order valence-corrected chi connectivity index (χ3v) is 4.64. The second kappa shape index (κ2) is 7.96. The van der Waals surface area contributed by atoms with Crippen LogP contribution in [0.1, 0.15) is 26.3 Å². The third kappa shape index (κ3) is 4.41. The van der Waals surface area contributed by atoms with E-state index >= 15 is 0 Å². The van der Waals surface area contributed by atoms with E-state index in [0.29, 0.717) is 16.8 Å². The lowest BCUT2D eigenvalue weighted by Crippen LogP contribution is -2.27. The number of rotatable bonds is 3. The summed E-state index contributed by atoms with van der Waals surface area (Å²) in [5.74, 6) is 0. The first-order valence-electron chi connectivity index (χ1n) is 9.90. The van der Waals surface area contributed by atoms with Crippen LogP contribution in [0.5, 0.6) is 0 Å². The third-order valence-electron chi connectivity index (χ3n) is 4.64. The van der Waals surface area contributed by atoms with Gasteiger partial charge in [0.15, 0.2) is 0 Å². The first-order valence-corrected chi connectivity index (χ1v) is 9.90. The Morgan fingerprint density at radius 1 is 1.06 bits per heavy atom. The van der Waals surface area contributed by atoms with Crippen molar-refractivity contribution in [2.24, 2.45) is 0 Å². The fourth-order valence-electron chi connectivity index (χ4n) is 3.31. The van der Waals surface area contributed by atoms with Crippen LogP contribution in [0, 0.1) is 11.3 Å². The number of anilines is 2. The Hall–Kier alpha value is -4.11. The molecule has 2 aromatic carbocycles. The van der Waals surface area contributed by atoms with Crippen LogP contribution in [-0.4, -0.2) is 21.2 Å². The Kier molecular flexibility index (Phi) is 5.18. The molecule has 0 saturated heterocycles. The van der Waals surface area contributed by atoms with Gasteiger partial charge in [0.25, 0.3) is 0 Å². The summed E-state index contributed by atoms with van der Waals surface area (Å²) in [5, 5.41) is 13.5. The minimum Gasteiger partial charge on any atom is -0.443 e. The number of hydrogen-bond donors (Lipinski definition) is 1. The molecule has 6 heteroatoms. The molecular formula is C25H22N4O2. The van der Waals surface area contributed by atoms with Crippen LogP contribution in [0.3, 0.4) is 0 Å². The predicted molar refractivity (Wildman–Crippen MR) is 121 cm³/mol. The second-order valence-electron chi connectivity index (χ2n) is 8.17. The highest BCUT2D eigenvalue weighted by molar-refractivity contribution is 5.97. The number of pyridine rings is 1. The molecule has 0 spiro atoms. The van der Waals surface area contributed by atoms with E-state index in [4.69, 9.17) is 4.74 Å². The molecule has 0 amide bonds. The minimum atomic E-state index is -0.644. The summed E-state index contributed by atoms with van der Waals surface area (Å²) in [6.07, 6.45) is 2.99. The quantitative estimate of drug-likeness (QED) is 0.441. The first kappa shape index (κ1) is 20.2. The molecule has 2 heterocycles. The molecule has 4 aromatic rings. The van der Waals surface area contributed by atoms with Crippen molar-refractivity contribution in [2.75, 3.05) is 5.32 Å². The lowest BCUT2D eigenvalue weighted by Gasteiger charge is -2.21. The van der Waals surface area contributed by atoms with Crippen LogP contribution in [0.15, 0.2) is 73.1 Å². The van der Waals surface area contributed by atoms with E-state index in [1.807, 2.05) is 69.3 Å². The van der Waals surface area contributed by atoms with E-state index in [1.54, 1.807) is 24.5 Å². The highest BCUT2D eigenvalue weighted by Crippen LogP contribution is 2.31. The van der Waals surface area contributed by atoms with Crippen molar-refractivity contribution >= 4 is 28.4 Å². The van der Waals surface area contributed by atoms with Gasteiger partial charge in [0.05, 0.1) is 34.7 Å². The zero-order valence-electron chi connectivity index (χ0n) is 17.6. The van der Waals surface area contributed by atoms with E-state index in [1.165, 1.54) is 4.57 Å². The molecule has 0 unspecified atom stereocenters. The molecule has 2 aromatic heterocycles. The van der Waals surface area contributed by atoms with Crippen LogP contribution in [0.25, 0.3) is 22.2 Å². The van der Waals surface area contributed by atoms with Gasteiger partial charge in [0.1, 0.15) is 5.60 Å². The van der Waals surface area contributed by atoms with E-state index < -0.39 is 11.7 Å². The standard InChI is InChI=1S/C25H22N4O2/c1-25(2,3)31-24(30)29-22-13-17(15-26)6-7-19(22)14-23(29)18-8-10-20(11-9-18)28-21-5-4-12-27-16-21/h4-14,16,28H,1-3H3. The Balaban J connectivity index is 1.76. The minimum absolute atomic E-state index is 0.481. The van der Waals surface area contributed by atoms with Crippen molar-refractivity contribution in [3.8, 4) is 17.3 Å². The number of nitrogens with zero attached hydrogens (tertiary/aromatic N) is 3. The molecular weight excluding hydrogens is 388 g/mol. The van der Waals surface area contributed by atoms with Gasteiger partial charge in [-0.1, -0.05) is 18.2 Å². The largest absolute Gasteiger partial charge is 0.443 e. The van der Waals surface area contributed by atoms with Crippen molar-refractivity contribution in [3.63, 3.8) is 0 Å². The summed E-state index contributed by atoms with van der Waals surface area (Å²) >= 11 is 0. The molecule has 0 aliphatic heterocycles. The van der Waals surface area contributed by atoms with E-state index in [2.05, 4.69) is 16.4 Å². The molecule has 4 rings (SSSR count). The van der Waals surface area contributed by atoms with Gasteiger partial charge >= 0.3 is 6.09 Å². The Labute approximate surface area is 180 Å². The zero-order chi connectivity index (χ0) is 22.0. The molecule has 0 fully saturated rings. The average molecular weight is 410 g/mol. The molecule has 0 atom stereocenters. The summed E-state index contributed by atoms with van der Waals surface area (Å²) in [6, 6.07) is 20.9. The average Bonchev–Trinajstić information content (AvgIpc) is 3.12. The lowest BCUT2D eigenvalue weighted by atomic mass is 10.1. The number of carbonyl (C=O) groups is 1. The Morgan fingerprint density at radius 2 is 1.84 bits per heavy atom. The topological polar surface area (TPSA) is 79.9 Å². The van der Waals surface area contributed by atoms with Crippen LogP contribution >= 0.6 is 0 Å². The Morgan fingerprint density at radius 3 is 2.48 bits per heavy atom. The monoisotopic (exact) mass is 410 g/mol. The van der Waals surface area contributed by atoms with Crippen LogP contribution in [0.4, 0.5) is 16.2 Å². The van der Waals surface area contributed by atoms with Crippen LogP contribution in [-0.2, 0) is 4.74 Å². The van der Waals surface area contributed by atoms with Gasteiger partial charge in [-0.3, -0.25) is 4.98 Å². The summed E-state index contributed by atoms with van der Waals surface area (Å²) in [7, 11) is 0. The smallest absolute Gasteiger partial charge is 0.419 e. The summed E-state index contributed by atoms with van der Waals surface area (Å²) in [5.41, 5.74) is 3.84. The fraction of sp³-hybridized carbons (Fsp3) is 0.160. The number of nitrogens with one attached hydrogen (secondary N) is 1. The van der Waals surface area contributed by atoms with Crippen LogP contribution in [0.2, 0.25) is 0 Å². The maximum Gasteiger partial charge on any atom is 0.419 e. The highest BCUT2D eigenvalue weighted by atomic mass is 16.6. The van der Waals surface area contributed by atoms with Crippen molar-refractivity contribution in [3.05, 3.63) is 78.6 Å². The Bertz CT molecular complexity index is 1280. The van der Waals surface area contributed by atoms with Gasteiger partial charge in [-0.15, -0.1) is 0 Å². The van der Waals surface area contributed by atoms with Crippen molar-refractivity contribution in [1.82, 2.24) is 9.55 Å².